The second kappa shape index (κ2) is 23.9. The predicted molar refractivity (Wildman–Crippen MR) is 221 cm³/mol. The number of halogens is 1. The first-order valence-corrected chi connectivity index (χ1v) is 21.0. The Morgan fingerprint density at radius 1 is 1.04 bits per heavy atom. The van der Waals surface area contributed by atoms with Gasteiger partial charge in [0.2, 0.25) is 5.79 Å². The van der Waals surface area contributed by atoms with E-state index in [2.05, 4.69) is 42.7 Å². The number of carbonyl (C=O) groups is 3. The van der Waals surface area contributed by atoms with Gasteiger partial charge < -0.3 is 35.2 Å². The Kier molecular flexibility index (Phi) is 21.4. The molecule has 12 heteroatoms. The maximum Gasteiger partial charge on any atom is 0.326 e. The highest BCUT2D eigenvalue weighted by Crippen LogP contribution is 2.31. The summed E-state index contributed by atoms with van der Waals surface area (Å²) in [4.78, 5) is 38.3. The van der Waals surface area contributed by atoms with Crippen LogP contribution in [0.4, 0.5) is 0 Å². The highest BCUT2D eigenvalue weighted by Gasteiger charge is 2.47. The van der Waals surface area contributed by atoms with E-state index in [9.17, 15) is 39.9 Å². The molecule has 11 nitrogen and oxygen atoms in total. The predicted octanol–water partition coefficient (Wildman–Crippen LogP) is 7.14. The van der Waals surface area contributed by atoms with Crippen LogP contribution in [0.1, 0.15) is 131 Å². The van der Waals surface area contributed by atoms with E-state index in [0.717, 1.165) is 74.8 Å². The van der Waals surface area contributed by atoms with Gasteiger partial charge >= 0.3 is 5.97 Å². The third-order valence-electron chi connectivity index (χ3n) is 11.6. The number of rotatable bonds is 23. The zero-order valence-electron chi connectivity index (χ0n) is 33.6. The molecule has 0 aromatic rings. The number of methoxy groups -OCH3 is 1. The third-order valence-corrected chi connectivity index (χ3v) is 12.2. The van der Waals surface area contributed by atoms with Crippen molar-refractivity contribution in [2.24, 2.45) is 32.8 Å². The van der Waals surface area contributed by atoms with Crippen LogP contribution in [0.5, 0.6) is 0 Å². The van der Waals surface area contributed by atoms with Crippen LogP contribution >= 0.6 is 22.9 Å². The van der Waals surface area contributed by atoms with Crippen molar-refractivity contribution in [2.45, 2.75) is 161 Å². The second-order valence-corrected chi connectivity index (χ2v) is 16.8. The Hall–Kier alpha value is -1.97. The van der Waals surface area contributed by atoms with Gasteiger partial charge in [-0.25, -0.2) is 8.00 Å². The molecule has 0 radical (unpaired) electrons. The van der Waals surface area contributed by atoms with Crippen LogP contribution in [0.3, 0.4) is 0 Å². The highest BCUT2D eigenvalue weighted by atomic mass is 127. The van der Waals surface area contributed by atoms with E-state index in [-0.39, 0.29) is 36.8 Å². The summed E-state index contributed by atoms with van der Waals surface area (Å²) in [5.74, 6) is -6.92. The van der Waals surface area contributed by atoms with E-state index in [1.165, 1.54) is 18.1 Å². The van der Waals surface area contributed by atoms with Crippen LogP contribution in [-0.4, -0.2) is 97.6 Å². The number of ether oxygens (including phenoxy) is 1. The fourth-order valence-corrected chi connectivity index (χ4v) is 8.69. The summed E-state index contributed by atoms with van der Waals surface area (Å²) in [7, 11) is 1.65. The van der Waals surface area contributed by atoms with Gasteiger partial charge in [-0.2, -0.15) is 0 Å². The largest absolute Gasteiger partial charge is 0.480 e. The molecule has 1 aliphatic carbocycles. The SMILES string of the molecule is C=CC[C@H](/C=C(\C)CCCCC[C@@H](C)C[C@@H](C)C(O)(O)C(=O)C(=O)N1CCCC[C@H]1C(=O)O)C(C[C@H](O)[C@@H](C)C/C(C)=C/[C@@H]1CC[C@@H](O)[C@H](OC)C1)=NI. The number of likely N-dealkylation sites (tertiary alicyclic amines) is 1. The molecule has 1 amide bonds. The van der Waals surface area contributed by atoms with Crippen LogP contribution in [-0.2, 0) is 19.1 Å². The molecule has 9 atom stereocenters. The lowest BCUT2D eigenvalue weighted by atomic mass is 9.82. The van der Waals surface area contributed by atoms with Crippen molar-refractivity contribution < 1.29 is 44.7 Å². The normalized spacial score (nSPS) is 24.7. The van der Waals surface area contributed by atoms with Gasteiger partial charge in [0.15, 0.2) is 0 Å². The number of nitrogens with zero attached hydrogens (tertiary/aromatic N) is 2. The molecule has 1 saturated carbocycles. The van der Waals surface area contributed by atoms with Crippen LogP contribution in [0.25, 0.3) is 0 Å². The molecule has 2 fully saturated rings. The number of amides is 1. The van der Waals surface area contributed by atoms with E-state index in [1.54, 1.807) is 7.11 Å². The van der Waals surface area contributed by atoms with Crippen molar-refractivity contribution in [3.8, 4) is 0 Å². The summed E-state index contributed by atoms with van der Waals surface area (Å²) in [6, 6.07) is -1.13. The molecule has 0 spiro atoms. The zero-order chi connectivity index (χ0) is 40.6. The maximum absolute atomic E-state index is 12.9. The van der Waals surface area contributed by atoms with Gasteiger partial charge in [0.05, 0.1) is 41.2 Å². The number of carboxylic acids is 1. The van der Waals surface area contributed by atoms with Crippen molar-refractivity contribution in [3.63, 3.8) is 0 Å². The Bertz CT molecular complexity index is 1310. The second-order valence-electron chi connectivity index (χ2n) is 16.3. The molecule has 0 aromatic carbocycles. The molecule has 54 heavy (non-hydrogen) atoms. The van der Waals surface area contributed by atoms with Crippen molar-refractivity contribution >= 4 is 46.2 Å². The maximum atomic E-state index is 12.9. The van der Waals surface area contributed by atoms with Gasteiger partial charge in [-0.1, -0.05) is 69.4 Å². The number of aliphatic hydroxyl groups excluding tert-OH is 2. The van der Waals surface area contributed by atoms with E-state index < -0.39 is 47.6 Å². The minimum Gasteiger partial charge on any atom is -0.480 e. The zero-order valence-corrected chi connectivity index (χ0v) is 35.7. The average Bonchev–Trinajstić information content (AvgIpc) is 3.13. The van der Waals surface area contributed by atoms with Crippen LogP contribution in [0.15, 0.2) is 39.2 Å². The fourth-order valence-electron chi connectivity index (χ4n) is 8.14. The molecular formula is C42H69IN2O9. The minimum atomic E-state index is -2.87. The number of Topliss-reactive ketones (excluding diaryl/α,β-unsaturated/α-hetero) is 1. The molecule has 5 N–H and O–H groups in total. The van der Waals surface area contributed by atoms with Gasteiger partial charge in [0.1, 0.15) is 6.04 Å². The molecule has 0 aromatic heterocycles. The Morgan fingerprint density at radius 3 is 2.37 bits per heavy atom. The summed E-state index contributed by atoms with van der Waals surface area (Å²) in [5.41, 5.74) is 3.45. The topological polar surface area (TPSA) is 177 Å². The number of carboxylic acid groups (broad SMARTS) is 1. The number of piperidine rings is 1. The van der Waals surface area contributed by atoms with E-state index in [1.807, 2.05) is 35.9 Å². The Morgan fingerprint density at radius 2 is 1.74 bits per heavy atom. The molecule has 0 unspecified atom stereocenters. The lowest BCUT2D eigenvalue weighted by molar-refractivity contribution is -0.206. The molecule has 1 heterocycles. The first-order chi connectivity index (χ1) is 25.5. The first-order valence-electron chi connectivity index (χ1n) is 20.0. The van der Waals surface area contributed by atoms with Gasteiger partial charge in [0.25, 0.3) is 11.7 Å². The number of hydrogen-bond acceptors (Lipinski definition) is 9. The van der Waals surface area contributed by atoms with Crippen molar-refractivity contribution in [1.82, 2.24) is 4.90 Å². The minimum absolute atomic E-state index is 0.0517. The summed E-state index contributed by atoms with van der Waals surface area (Å²) in [5, 5.41) is 52.3. The lowest BCUT2D eigenvalue weighted by Crippen LogP contribution is -2.57. The molecule has 0 bridgehead atoms. The summed E-state index contributed by atoms with van der Waals surface area (Å²) >= 11 is 2.03. The van der Waals surface area contributed by atoms with Gasteiger partial charge in [-0.15, -0.1) is 6.58 Å². The number of allylic oxidation sites excluding steroid dienone is 5. The number of aliphatic carboxylic acids is 1. The summed E-state index contributed by atoms with van der Waals surface area (Å²) < 4.78 is 10.1. The van der Waals surface area contributed by atoms with E-state index in [4.69, 9.17) is 4.74 Å². The van der Waals surface area contributed by atoms with Crippen molar-refractivity contribution in [1.29, 1.82) is 0 Å². The number of hydrogen-bond donors (Lipinski definition) is 5. The lowest BCUT2D eigenvalue weighted by Gasteiger charge is -2.35. The molecular weight excluding hydrogens is 803 g/mol. The van der Waals surface area contributed by atoms with Crippen LogP contribution < -0.4 is 0 Å². The van der Waals surface area contributed by atoms with E-state index in [0.29, 0.717) is 31.6 Å². The highest BCUT2D eigenvalue weighted by molar-refractivity contribution is 14.1. The first kappa shape index (κ1) is 48.2. The Labute approximate surface area is 337 Å². The van der Waals surface area contributed by atoms with Gasteiger partial charge in [0, 0.05) is 37.6 Å². The number of aliphatic hydroxyl groups is 4. The average molecular weight is 873 g/mol. The van der Waals surface area contributed by atoms with E-state index >= 15 is 0 Å². The molecule has 2 aliphatic rings. The van der Waals surface area contributed by atoms with Crippen LogP contribution in [0.2, 0.25) is 0 Å². The third kappa shape index (κ3) is 15.2. The quantitative estimate of drug-likeness (QED) is 0.0178. The molecule has 2 rings (SSSR count). The summed E-state index contributed by atoms with van der Waals surface area (Å²) in [6.07, 6.45) is 16.3. The monoisotopic (exact) mass is 872 g/mol. The molecule has 1 saturated heterocycles. The number of ketones is 1. The fraction of sp³-hybridized carbons (Fsp3) is 0.762. The summed E-state index contributed by atoms with van der Waals surface area (Å²) in [6.45, 7) is 13.9. The standard InChI is InChI=1S/C42H69IN2O9/c1-8-14-33(34(44-43)26-37(47)30(5)21-29(4)23-32-18-19-36(46)38(25-32)54-7)24-28(3)16-11-9-10-15-27(2)22-31(6)42(52,53)39(48)40(49)45-20-13-12-17-35(45)41(50)51/h8,23-24,27,30-33,35-38,46-47,52-53H,1,9-22,25-26H2,2-7H3,(H,50,51)/b28-24+,29-23+,44-34?/t27-,30+,31-,32+,33-,35+,36-,37+,38-/m1/s1. The smallest absolute Gasteiger partial charge is 0.326 e. The van der Waals surface area contributed by atoms with Crippen LogP contribution in [0, 0.1) is 29.6 Å². The van der Waals surface area contributed by atoms with Gasteiger partial charge in [-0.05, 0) is 102 Å². The Balaban J connectivity index is 1.83. The molecule has 1 aliphatic heterocycles. The number of carbonyl (C=O) groups excluding carboxylic acids is 2. The molecule has 308 valence electrons. The van der Waals surface area contributed by atoms with Crippen molar-refractivity contribution in [2.75, 3.05) is 13.7 Å². The van der Waals surface area contributed by atoms with Gasteiger partial charge in [-0.3, -0.25) is 9.59 Å². The number of unbranched alkanes of at least 4 members (excludes halogenated alkanes) is 2. The van der Waals surface area contributed by atoms with Crippen molar-refractivity contribution in [3.05, 3.63) is 36.0 Å².